The van der Waals surface area contributed by atoms with Crippen LogP contribution in [0.4, 0.5) is 61.5 Å². The first-order valence-electron chi connectivity index (χ1n) is 8.19. The smallest absolute Gasteiger partial charge is 0.460 e. The predicted octanol–water partition coefficient (Wildman–Crippen LogP) is 3.63. The van der Waals surface area contributed by atoms with Crippen LogP contribution in [0.2, 0.25) is 0 Å². The molecule has 0 aromatic rings. The van der Waals surface area contributed by atoms with Crippen LogP contribution in [-0.2, 0) is 23.9 Å². The summed E-state index contributed by atoms with van der Waals surface area (Å²) in [4.78, 5) is 33.9. The Labute approximate surface area is 178 Å². The highest BCUT2D eigenvalue weighted by Gasteiger charge is 2.78. The number of ether oxygens (including phenoxy) is 2. The minimum absolute atomic E-state index is 0.107. The summed E-state index contributed by atoms with van der Waals surface area (Å²) in [5.74, 6) is -37.0. The van der Waals surface area contributed by atoms with Crippen molar-refractivity contribution in [3.05, 3.63) is 0 Å². The summed E-state index contributed by atoms with van der Waals surface area (Å²) >= 11 is 0. The lowest BCUT2D eigenvalue weighted by molar-refractivity contribution is -0.348. The molecule has 6 nitrogen and oxygen atoms in total. The van der Waals surface area contributed by atoms with Gasteiger partial charge in [-0.1, -0.05) is 6.92 Å². The number of hydrogen-bond acceptors (Lipinski definition) is 5. The average molecular weight is 539 g/mol. The van der Waals surface area contributed by atoms with Gasteiger partial charge in [-0.05, 0) is 6.42 Å². The quantitative estimate of drug-likeness (QED) is 0.339. The Kier molecular flexibility index (Phi) is 9.21. The van der Waals surface area contributed by atoms with Crippen LogP contribution in [0.15, 0.2) is 0 Å². The highest BCUT2D eigenvalue weighted by Crippen LogP contribution is 2.48. The molecule has 0 aromatic heterocycles. The number of esters is 2. The van der Waals surface area contributed by atoms with Gasteiger partial charge in [-0.15, -0.1) is 0 Å². The number of carbonyl (C=O) groups is 3. The van der Waals surface area contributed by atoms with Crippen molar-refractivity contribution in [2.24, 2.45) is 0 Å². The van der Waals surface area contributed by atoms with Gasteiger partial charge in [-0.25, -0.2) is 9.59 Å². The van der Waals surface area contributed by atoms with Crippen LogP contribution in [0.1, 0.15) is 13.3 Å². The van der Waals surface area contributed by atoms with Crippen LogP contribution in [0.25, 0.3) is 0 Å². The van der Waals surface area contributed by atoms with Crippen molar-refractivity contribution in [2.45, 2.75) is 55.4 Å². The van der Waals surface area contributed by atoms with Crippen molar-refractivity contribution in [3.63, 3.8) is 0 Å². The Morgan fingerprint density at radius 2 is 1.12 bits per heavy atom. The molecule has 1 N–H and O–H groups in total. The van der Waals surface area contributed by atoms with E-state index in [4.69, 9.17) is 0 Å². The van der Waals surface area contributed by atoms with E-state index in [1.54, 1.807) is 0 Å². The SMILES string of the molecule is CCCOC(=O)C(COC(=O)C(F)(F)C(F)(F)C(F)(F)F)NC(=O)C(F)(F)C(F)(F)C(F)(F)F. The number of rotatable bonds is 10. The second kappa shape index (κ2) is 9.96. The van der Waals surface area contributed by atoms with E-state index in [1.165, 1.54) is 6.92 Å². The highest BCUT2D eigenvalue weighted by atomic mass is 19.4. The molecule has 0 fully saturated rings. The molecule has 0 radical (unpaired) electrons. The number of hydrogen-bond donors (Lipinski definition) is 1. The third-order valence-electron chi connectivity index (χ3n) is 3.46. The van der Waals surface area contributed by atoms with E-state index in [0.717, 1.165) is 0 Å². The summed E-state index contributed by atoms with van der Waals surface area (Å²) in [6.45, 7) is -1.75. The monoisotopic (exact) mass is 539 g/mol. The molecule has 0 aliphatic carbocycles. The van der Waals surface area contributed by atoms with Gasteiger partial charge in [-0.3, -0.25) is 4.79 Å². The first kappa shape index (κ1) is 31.4. The number of carbonyl (C=O) groups excluding carboxylic acids is 3. The van der Waals surface area contributed by atoms with Gasteiger partial charge in [0.15, 0.2) is 6.04 Å². The molecule has 200 valence electrons. The fourth-order valence-electron chi connectivity index (χ4n) is 1.60. The minimum Gasteiger partial charge on any atom is -0.464 e. The zero-order valence-corrected chi connectivity index (χ0v) is 16.0. The summed E-state index contributed by atoms with van der Waals surface area (Å²) in [6.07, 6.45) is -14.2. The zero-order valence-electron chi connectivity index (χ0n) is 16.0. The van der Waals surface area contributed by atoms with Crippen LogP contribution in [0.3, 0.4) is 0 Å². The Bertz CT molecular complexity index is 761. The average Bonchev–Trinajstić information content (AvgIpc) is 2.66. The largest absolute Gasteiger partial charge is 0.464 e. The van der Waals surface area contributed by atoms with Gasteiger partial charge >= 0.3 is 48.0 Å². The highest BCUT2D eigenvalue weighted by molar-refractivity contribution is 5.90. The second-order valence-electron chi connectivity index (χ2n) is 6.09. The topological polar surface area (TPSA) is 81.7 Å². The van der Waals surface area contributed by atoms with Gasteiger partial charge in [-0.2, -0.15) is 61.5 Å². The molecule has 0 bridgehead atoms. The van der Waals surface area contributed by atoms with Gasteiger partial charge in [0, 0.05) is 0 Å². The molecule has 0 spiro atoms. The van der Waals surface area contributed by atoms with Crippen molar-refractivity contribution < 1.29 is 85.3 Å². The van der Waals surface area contributed by atoms with E-state index in [1.807, 2.05) is 0 Å². The first-order chi connectivity index (χ1) is 14.9. The molecule has 0 aliphatic rings. The maximum Gasteiger partial charge on any atom is 0.460 e. The summed E-state index contributed by atoms with van der Waals surface area (Å²) in [5, 5.41) is 0.445. The van der Waals surface area contributed by atoms with Crippen molar-refractivity contribution in [1.29, 1.82) is 0 Å². The van der Waals surface area contributed by atoms with Crippen molar-refractivity contribution >= 4 is 17.8 Å². The fraction of sp³-hybridized carbons (Fsp3) is 0.786. The maximum absolute atomic E-state index is 13.4. The van der Waals surface area contributed by atoms with Crippen LogP contribution in [-0.4, -0.2) is 73.1 Å². The van der Waals surface area contributed by atoms with Gasteiger partial charge in [0.05, 0.1) is 6.61 Å². The fourth-order valence-corrected chi connectivity index (χ4v) is 1.60. The molecule has 0 heterocycles. The molecule has 0 rings (SSSR count). The van der Waals surface area contributed by atoms with Crippen molar-refractivity contribution in [3.8, 4) is 0 Å². The number of halogens is 14. The predicted molar refractivity (Wildman–Crippen MR) is 76.0 cm³/mol. The van der Waals surface area contributed by atoms with Crippen LogP contribution < -0.4 is 5.32 Å². The maximum atomic E-state index is 13.4. The molecular weight excluding hydrogens is 528 g/mol. The van der Waals surface area contributed by atoms with E-state index in [2.05, 4.69) is 9.47 Å². The van der Waals surface area contributed by atoms with Gasteiger partial charge in [0.25, 0.3) is 5.91 Å². The zero-order chi connectivity index (χ0) is 27.6. The van der Waals surface area contributed by atoms with E-state index >= 15 is 0 Å². The normalized spacial score (nSPS) is 14.9. The van der Waals surface area contributed by atoms with Crippen LogP contribution in [0, 0.1) is 0 Å². The Hall–Kier alpha value is -2.57. The lowest BCUT2D eigenvalue weighted by Gasteiger charge is -2.29. The van der Waals surface area contributed by atoms with E-state index in [-0.39, 0.29) is 6.42 Å². The Morgan fingerprint density at radius 1 is 0.706 bits per heavy atom. The van der Waals surface area contributed by atoms with Gasteiger partial charge in [0.1, 0.15) is 6.61 Å². The first-order valence-corrected chi connectivity index (χ1v) is 8.19. The molecule has 1 unspecified atom stereocenters. The van der Waals surface area contributed by atoms with Crippen molar-refractivity contribution in [1.82, 2.24) is 5.32 Å². The minimum atomic E-state index is -7.07. The van der Waals surface area contributed by atoms with Crippen LogP contribution in [0.5, 0.6) is 0 Å². The Morgan fingerprint density at radius 3 is 1.50 bits per heavy atom. The molecule has 0 saturated carbocycles. The molecule has 0 saturated heterocycles. The molecule has 0 aromatic carbocycles. The second-order valence-corrected chi connectivity index (χ2v) is 6.09. The number of alkyl halides is 14. The molecule has 34 heavy (non-hydrogen) atoms. The lowest BCUT2D eigenvalue weighted by Crippen LogP contribution is -2.62. The molecular formula is C14H11F14NO5. The molecule has 1 amide bonds. The van der Waals surface area contributed by atoms with Crippen LogP contribution >= 0.6 is 0 Å². The Balaban J connectivity index is 5.84. The van der Waals surface area contributed by atoms with E-state index in [0.29, 0.717) is 5.32 Å². The van der Waals surface area contributed by atoms with Gasteiger partial charge in [0.2, 0.25) is 0 Å². The third kappa shape index (κ3) is 6.10. The van der Waals surface area contributed by atoms with Crippen molar-refractivity contribution in [2.75, 3.05) is 13.2 Å². The molecule has 0 aliphatic heterocycles. The summed E-state index contributed by atoms with van der Waals surface area (Å²) < 4.78 is 184. The van der Waals surface area contributed by atoms with Gasteiger partial charge < -0.3 is 14.8 Å². The number of nitrogens with one attached hydrogen (secondary N) is 1. The van der Waals surface area contributed by atoms with E-state index in [9.17, 15) is 75.8 Å². The lowest BCUT2D eigenvalue weighted by atomic mass is 10.1. The third-order valence-corrected chi connectivity index (χ3v) is 3.46. The number of amides is 1. The summed E-state index contributed by atoms with van der Waals surface area (Å²) in [7, 11) is 0. The standard InChI is InChI=1S/C14H11F14NO5/c1-2-3-33-6(30)5(29-7(31)9(15,16)11(19,20)13(23,24)25)4-34-8(32)10(17,18)12(21,22)14(26,27)28/h5H,2-4H2,1H3,(H,29,31). The molecule has 1 atom stereocenters. The van der Waals surface area contributed by atoms with E-state index < -0.39 is 73.1 Å². The summed E-state index contributed by atoms with van der Waals surface area (Å²) in [6, 6.07) is -3.12. The molecule has 20 heteroatoms. The summed E-state index contributed by atoms with van der Waals surface area (Å²) in [5.41, 5.74) is 0.